The third kappa shape index (κ3) is 4.83. The highest BCUT2D eigenvalue weighted by Crippen LogP contribution is 2.31. The average Bonchev–Trinajstić information content (AvgIpc) is 2.53. The van der Waals surface area contributed by atoms with Gasteiger partial charge in [0.1, 0.15) is 11.6 Å². The lowest BCUT2D eigenvalue weighted by molar-refractivity contribution is -0.111. The van der Waals surface area contributed by atoms with E-state index in [1.807, 2.05) is 18.2 Å². The molecule has 1 N–H and O–H groups in total. The standard InChI is InChI=1S/C20H21ClFNO2/c1-20(2,3)13-8-10-18(25-4)17(12-13)23-19(24)11-9-14-15(21)6-5-7-16(14)22/h5-12H,1-4H3,(H,23,24)/b11-9+. The molecule has 0 heterocycles. The Labute approximate surface area is 152 Å². The second-order valence-corrected chi connectivity index (χ2v) is 7.03. The zero-order chi connectivity index (χ0) is 18.6. The third-order valence-electron chi connectivity index (χ3n) is 3.72. The van der Waals surface area contributed by atoms with Crippen LogP contribution in [0.3, 0.4) is 0 Å². The van der Waals surface area contributed by atoms with E-state index in [4.69, 9.17) is 16.3 Å². The fraction of sp³-hybridized carbons (Fsp3) is 0.250. The van der Waals surface area contributed by atoms with Gasteiger partial charge in [-0.1, -0.05) is 44.5 Å². The lowest BCUT2D eigenvalue weighted by atomic mass is 9.87. The molecule has 0 unspecified atom stereocenters. The van der Waals surface area contributed by atoms with Gasteiger partial charge in [-0.15, -0.1) is 0 Å². The number of rotatable bonds is 4. The molecule has 0 saturated carbocycles. The van der Waals surface area contributed by atoms with Crippen LogP contribution in [0.5, 0.6) is 5.75 Å². The van der Waals surface area contributed by atoms with Crippen LogP contribution in [-0.2, 0) is 10.2 Å². The zero-order valence-electron chi connectivity index (χ0n) is 14.7. The first-order valence-corrected chi connectivity index (χ1v) is 8.22. The molecule has 0 bridgehead atoms. The number of hydrogen-bond acceptors (Lipinski definition) is 2. The van der Waals surface area contributed by atoms with E-state index in [9.17, 15) is 9.18 Å². The van der Waals surface area contributed by atoms with E-state index in [0.717, 1.165) is 5.56 Å². The maximum absolute atomic E-state index is 13.7. The number of anilines is 1. The first kappa shape index (κ1) is 19.0. The van der Waals surface area contributed by atoms with Gasteiger partial charge in [0.05, 0.1) is 17.8 Å². The Balaban J connectivity index is 2.24. The summed E-state index contributed by atoms with van der Waals surface area (Å²) < 4.78 is 19.0. The summed E-state index contributed by atoms with van der Waals surface area (Å²) >= 11 is 5.95. The molecular formula is C20H21ClFNO2. The highest BCUT2D eigenvalue weighted by atomic mass is 35.5. The van der Waals surface area contributed by atoms with Gasteiger partial charge in [0.25, 0.3) is 0 Å². The largest absolute Gasteiger partial charge is 0.495 e. The van der Waals surface area contributed by atoms with Crippen LogP contribution in [0.15, 0.2) is 42.5 Å². The molecule has 132 valence electrons. The predicted octanol–water partition coefficient (Wildman–Crippen LogP) is 5.44. The van der Waals surface area contributed by atoms with Crippen molar-refractivity contribution in [1.29, 1.82) is 0 Å². The van der Waals surface area contributed by atoms with Crippen LogP contribution in [-0.4, -0.2) is 13.0 Å². The number of methoxy groups -OCH3 is 1. The highest BCUT2D eigenvalue weighted by molar-refractivity contribution is 6.32. The summed E-state index contributed by atoms with van der Waals surface area (Å²) in [5, 5.41) is 3.01. The number of amides is 1. The fourth-order valence-electron chi connectivity index (χ4n) is 2.28. The number of benzene rings is 2. The van der Waals surface area contributed by atoms with Crippen LogP contribution >= 0.6 is 11.6 Å². The van der Waals surface area contributed by atoms with Gasteiger partial charge in [-0.05, 0) is 41.3 Å². The summed E-state index contributed by atoms with van der Waals surface area (Å²) in [5.74, 6) is -0.328. The Morgan fingerprint density at radius 2 is 1.96 bits per heavy atom. The molecule has 0 atom stereocenters. The summed E-state index contributed by atoms with van der Waals surface area (Å²) in [6, 6.07) is 10.0. The molecule has 0 fully saturated rings. The minimum Gasteiger partial charge on any atom is -0.495 e. The molecule has 1 amide bonds. The molecule has 0 spiro atoms. The van der Waals surface area contributed by atoms with Gasteiger partial charge in [0.15, 0.2) is 0 Å². The lowest BCUT2D eigenvalue weighted by Gasteiger charge is -2.21. The number of nitrogens with one attached hydrogen (secondary N) is 1. The van der Waals surface area contributed by atoms with E-state index < -0.39 is 11.7 Å². The van der Waals surface area contributed by atoms with Crippen LogP contribution in [0, 0.1) is 5.82 Å². The quantitative estimate of drug-likeness (QED) is 0.736. The van der Waals surface area contributed by atoms with E-state index in [-0.39, 0.29) is 16.0 Å². The monoisotopic (exact) mass is 361 g/mol. The van der Waals surface area contributed by atoms with Crippen LogP contribution in [0.25, 0.3) is 6.08 Å². The molecule has 0 aliphatic heterocycles. The van der Waals surface area contributed by atoms with Gasteiger partial charge in [-0.2, -0.15) is 0 Å². The minimum absolute atomic E-state index is 0.0672. The van der Waals surface area contributed by atoms with Gasteiger partial charge in [-0.3, -0.25) is 4.79 Å². The van der Waals surface area contributed by atoms with Crippen LogP contribution in [0.4, 0.5) is 10.1 Å². The van der Waals surface area contributed by atoms with Gasteiger partial charge in [-0.25, -0.2) is 4.39 Å². The summed E-state index contributed by atoms with van der Waals surface area (Å²) in [5.41, 5.74) is 1.73. The molecule has 2 rings (SSSR count). The Hall–Kier alpha value is -2.33. The number of ether oxygens (including phenoxy) is 1. The first-order valence-electron chi connectivity index (χ1n) is 7.84. The second-order valence-electron chi connectivity index (χ2n) is 6.62. The van der Waals surface area contributed by atoms with Crippen molar-refractivity contribution in [2.75, 3.05) is 12.4 Å². The maximum atomic E-state index is 13.7. The van der Waals surface area contributed by atoms with Crippen molar-refractivity contribution in [2.24, 2.45) is 0 Å². The van der Waals surface area contributed by atoms with Crippen LogP contribution in [0.2, 0.25) is 5.02 Å². The molecule has 0 aromatic heterocycles. The van der Waals surface area contributed by atoms with E-state index in [1.165, 1.54) is 31.4 Å². The minimum atomic E-state index is -0.483. The number of carbonyl (C=O) groups is 1. The SMILES string of the molecule is COc1ccc(C(C)(C)C)cc1NC(=O)/C=C/c1c(F)cccc1Cl. The zero-order valence-corrected chi connectivity index (χ0v) is 15.4. The van der Waals surface area contributed by atoms with Gasteiger partial charge in [0, 0.05) is 11.6 Å². The lowest BCUT2D eigenvalue weighted by Crippen LogP contribution is -2.14. The first-order chi connectivity index (χ1) is 11.7. The van der Waals surface area contributed by atoms with Crippen molar-refractivity contribution in [3.05, 3.63) is 64.4 Å². The third-order valence-corrected chi connectivity index (χ3v) is 4.05. The molecule has 25 heavy (non-hydrogen) atoms. The van der Waals surface area contributed by atoms with Crippen LogP contribution < -0.4 is 10.1 Å². The Morgan fingerprint density at radius 3 is 2.56 bits per heavy atom. The summed E-state index contributed by atoms with van der Waals surface area (Å²) in [6.07, 6.45) is 2.60. The number of hydrogen-bond donors (Lipinski definition) is 1. The van der Waals surface area contributed by atoms with Crippen LogP contribution in [0.1, 0.15) is 31.9 Å². The Morgan fingerprint density at radius 1 is 1.24 bits per heavy atom. The highest BCUT2D eigenvalue weighted by Gasteiger charge is 2.16. The van der Waals surface area contributed by atoms with Gasteiger partial charge in [0.2, 0.25) is 5.91 Å². The smallest absolute Gasteiger partial charge is 0.248 e. The van der Waals surface area contributed by atoms with Gasteiger partial charge < -0.3 is 10.1 Å². The summed E-state index contributed by atoms with van der Waals surface area (Å²) in [6.45, 7) is 6.25. The van der Waals surface area contributed by atoms with E-state index in [1.54, 1.807) is 6.07 Å². The van der Waals surface area contributed by atoms with Gasteiger partial charge >= 0.3 is 0 Å². The Kier molecular flexibility index (Phi) is 5.85. The molecule has 0 radical (unpaired) electrons. The second kappa shape index (κ2) is 7.70. The van der Waals surface area contributed by atoms with Crippen molar-refractivity contribution in [1.82, 2.24) is 0 Å². The van der Waals surface area contributed by atoms with Crippen molar-refractivity contribution < 1.29 is 13.9 Å². The molecule has 5 heteroatoms. The molecular weight excluding hydrogens is 341 g/mol. The predicted molar refractivity (Wildman–Crippen MR) is 101 cm³/mol. The van der Waals surface area contributed by atoms with E-state index in [0.29, 0.717) is 11.4 Å². The Bertz CT molecular complexity index is 790. The van der Waals surface area contributed by atoms with Crippen molar-refractivity contribution in [3.63, 3.8) is 0 Å². The summed E-state index contributed by atoms with van der Waals surface area (Å²) in [7, 11) is 1.54. The molecule has 0 aliphatic carbocycles. The number of halogens is 2. The average molecular weight is 362 g/mol. The van der Waals surface area contributed by atoms with E-state index in [2.05, 4.69) is 26.1 Å². The normalized spacial score (nSPS) is 11.6. The summed E-state index contributed by atoms with van der Waals surface area (Å²) in [4.78, 5) is 12.2. The molecule has 0 aliphatic rings. The molecule has 0 saturated heterocycles. The molecule has 3 nitrogen and oxygen atoms in total. The van der Waals surface area contributed by atoms with E-state index >= 15 is 0 Å². The topological polar surface area (TPSA) is 38.3 Å². The number of carbonyl (C=O) groups excluding carboxylic acids is 1. The van der Waals surface area contributed by atoms with Crippen molar-refractivity contribution >= 4 is 29.3 Å². The van der Waals surface area contributed by atoms with Crippen molar-refractivity contribution in [2.45, 2.75) is 26.2 Å². The fourth-order valence-corrected chi connectivity index (χ4v) is 2.50. The molecule has 2 aromatic rings. The van der Waals surface area contributed by atoms with Crippen molar-refractivity contribution in [3.8, 4) is 5.75 Å². The molecule has 2 aromatic carbocycles. The maximum Gasteiger partial charge on any atom is 0.248 e.